The van der Waals surface area contributed by atoms with Crippen LogP contribution in [0.25, 0.3) is 21.8 Å². The number of nitrogens with zero attached hydrogens (tertiary/aromatic N) is 6. The Labute approximate surface area is 223 Å². The van der Waals surface area contributed by atoms with Gasteiger partial charge in [0.15, 0.2) is 0 Å². The van der Waals surface area contributed by atoms with Gasteiger partial charge in [0.1, 0.15) is 0 Å². The summed E-state index contributed by atoms with van der Waals surface area (Å²) in [6.45, 7) is 7.68. The Morgan fingerprint density at radius 3 is 1.33 bits per heavy atom. The monoisotopic (exact) mass is 522 g/mol. The first-order chi connectivity index (χ1) is 17.5. The number of pyridine rings is 2. The highest BCUT2D eigenvalue weighted by Crippen LogP contribution is 2.29. The molecular formula is C28H32Cl2N6. The molecule has 1 saturated heterocycles. The Morgan fingerprint density at radius 2 is 0.944 bits per heavy atom. The molecule has 0 atom stereocenters. The van der Waals surface area contributed by atoms with Gasteiger partial charge >= 0.3 is 0 Å². The molecule has 2 aromatic heterocycles. The van der Waals surface area contributed by atoms with Crippen molar-refractivity contribution in [2.24, 2.45) is 0 Å². The Balaban J connectivity index is 1.37. The molecule has 0 N–H and O–H groups in total. The zero-order chi connectivity index (χ0) is 25.1. The van der Waals surface area contributed by atoms with Crippen LogP contribution in [0.2, 0.25) is 10.0 Å². The molecule has 5 rings (SSSR count). The van der Waals surface area contributed by atoms with Gasteiger partial charge in [-0.1, -0.05) is 23.2 Å². The minimum Gasteiger partial charge on any atom is -0.368 e. The normalized spacial score (nSPS) is 17.3. The van der Waals surface area contributed by atoms with E-state index in [1.165, 1.54) is 11.4 Å². The molecule has 0 unspecified atom stereocenters. The summed E-state index contributed by atoms with van der Waals surface area (Å²) in [6, 6.07) is 16.2. The summed E-state index contributed by atoms with van der Waals surface area (Å²) in [4.78, 5) is 18.9. The minimum atomic E-state index is 0.718. The molecule has 0 radical (unpaired) electrons. The summed E-state index contributed by atoms with van der Waals surface area (Å²) in [7, 11) is 4.42. The molecule has 4 aromatic rings. The molecule has 0 bridgehead atoms. The molecule has 2 aromatic carbocycles. The van der Waals surface area contributed by atoms with Crippen LogP contribution in [0.1, 0.15) is 0 Å². The summed E-state index contributed by atoms with van der Waals surface area (Å²) < 4.78 is 0. The number of fused-ring (bicyclic) bond motifs is 2. The first kappa shape index (κ1) is 25.0. The van der Waals surface area contributed by atoms with E-state index in [4.69, 9.17) is 23.2 Å². The lowest BCUT2D eigenvalue weighted by Crippen LogP contribution is -2.44. The van der Waals surface area contributed by atoms with E-state index in [1.807, 2.05) is 36.7 Å². The van der Waals surface area contributed by atoms with E-state index in [-0.39, 0.29) is 0 Å². The molecule has 1 fully saturated rings. The van der Waals surface area contributed by atoms with E-state index in [1.54, 1.807) is 0 Å². The van der Waals surface area contributed by atoms with E-state index in [2.05, 4.69) is 67.9 Å². The van der Waals surface area contributed by atoms with Crippen LogP contribution >= 0.6 is 23.2 Å². The van der Waals surface area contributed by atoms with Gasteiger partial charge < -0.3 is 19.6 Å². The first-order valence-electron chi connectivity index (χ1n) is 12.4. The molecule has 0 amide bonds. The predicted octanol–water partition coefficient (Wildman–Crippen LogP) is 5.28. The molecule has 0 aliphatic carbocycles. The number of hydrogen-bond acceptors (Lipinski definition) is 6. The molecular weight excluding hydrogens is 491 g/mol. The van der Waals surface area contributed by atoms with E-state index >= 15 is 0 Å². The summed E-state index contributed by atoms with van der Waals surface area (Å²) in [5.74, 6) is 0. The van der Waals surface area contributed by atoms with Gasteiger partial charge in [-0.3, -0.25) is 9.97 Å². The van der Waals surface area contributed by atoms with Gasteiger partial charge in [-0.25, -0.2) is 0 Å². The number of halogens is 2. The highest BCUT2D eigenvalue weighted by molar-refractivity contribution is 6.31. The van der Waals surface area contributed by atoms with Crippen molar-refractivity contribution in [1.29, 1.82) is 0 Å². The standard InChI is InChI=1S/C28H32Cl2N6/c1-33-11-15-35(27-7-9-31-25-19-21(29)3-5-23(25)27)17-13-34(2)14-18-36(16-12-33)28-8-10-32-26-20-22(30)4-6-24(26)28/h3-10,19-20H,11-18H2,1-2H3. The third-order valence-corrected chi connectivity index (χ3v) is 7.52. The van der Waals surface area contributed by atoms with Crippen molar-refractivity contribution in [3.8, 4) is 0 Å². The largest absolute Gasteiger partial charge is 0.368 e. The number of hydrogen-bond donors (Lipinski definition) is 0. The molecule has 1 aliphatic heterocycles. The predicted molar refractivity (Wildman–Crippen MR) is 153 cm³/mol. The number of aromatic nitrogens is 2. The lowest BCUT2D eigenvalue weighted by atomic mass is 10.1. The average molecular weight is 524 g/mol. The third-order valence-electron chi connectivity index (χ3n) is 7.05. The molecule has 0 spiro atoms. The molecule has 0 saturated carbocycles. The number of anilines is 2. The summed E-state index contributed by atoms with van der Waals surface area (Å²) >= 11 is 12.5. The van der Waals surface area contributed by atoms with Gasteiger partial charge in [-0.15, -0.1) is 0 Å². The third kappa shape index (κ3) is 5.68. The number of benzene rings is 2. The maximum atomic E-state index is 6.23. The zero-order valence-electron chi connectivity index (χ0n) is 20.9. The van der Waals surface area contributed by atoms with Crippen LogP contribution in [0, 0.1) is 0 Å². The van der Waals surface area contributed by atoms with Crippen molar-refractivity contribution in [2.45, 2.75) is 0 Å². The van der Waals surface area contributed by atoms with E-state index in [9.17, 15) is 0 Å². The van der Waals surface area contributed by atoms with Crippen LogP contribution in [0.3, 0.4) is 0 Å². The van der Waals surface area contributed by atoms with E-state index in [0.29, 0.717) is 0 Å². The van der Waals surface area contributed by atoms with Crippen LogP contribution in [-0.2, 0) is 0 Å². The molecule has 188 valence electrons. The second kappa shape index (κ2) is 11.2. The van der Waals surface area contributed by atoms with E-state index in [0.717, 1.165) is 84.2 Å². The molecule has 6 nitrogen and oxygen atoms in total. The molecule has 36 heavy (non-hydrogen) atoms. The van der Waals surface area contributed by atoms with Gasteiger partial charge in [-0.2, -0.15) is 0 Å². The van der Waals surface area contributed by atoms with Crippen LogP contribution in [0.5, 0.6) is 0 Å². The maximum Gasteiger partial charge on any atom is 0.0737 e. The summed E-state index contributed by atoms with van der Waals surface area (Å²) in [5.41, 5.74) is 4.32. The van der Waals surface area contributed by atoms with Gasteiger partial charge in [0.25, 0.3) is 0 Å². The highest BCUT2D eigenvalue weighted by Gasteiger charge is 2.17. The fourth-order valence-electron chi connectivity index (χ4n) is 4.86. The van der Waals surface area contributed by atoms with Gasteiger partial charge in [0.05, 0.1) is 11.0 Å². The van der Waals surface area contributed by atoms with Crippen LogP contribution < -0.4 is 9.80 Å². The summed E-state index contributed by atoms with van der Waals surface area (Å²) in [6.07, 6.45) is 3.78. The Hall–Kier alpha value is -2.64. The van der Waals surface area contributed by atoms with E-state index < -0.39 is 0 Å². The first-order valence-corrected chi connectivity index (χ1v) is 13.2. The van der Waals surface area contributed by atoms with Crippen LogP contribution in [0.15, 0.2) is 60.9 Å². The lowest BCUT2D eigenvalue weighted by Gasteiger charge is -2.34. The van der Waals surface area contributed by atoms with Gasteiger partial charge in [0.2, 0.25) is 0 Å². The second-order valence-corrected chi connectivity index (χ2v) is 10.4. The fourth-order valence-corrected chi connectivity index (χ4v) is 5.19. The Kier molecular flexibility index (Phi) is 7.77. The lowest BCUT2D eigenvalue weighted by molar-refractivity contribution is 0.313. The highest BCUT2D eigenvalue weighted by atomic mass is 35.5. The van der Waals surface area contributed by atoms with Crippen molar-refractivity contribution in [1.82, 2.24) is 19.8 Å². The number of likely N-dealkylation sites (N-methyl/N-ethyl adjacent to an activating group) is 2. The van der Waals surface area contributed by atoms with Crippen molar-refractivity contribution >= 4 is 56.4 Å². The SMILES string of the molecule is CN1CCN(c2ccnc3cc(Cl)ccc23)CCN(C)CCN(c2ccnc3cc(Cl)ccc23)CC1. The number of rotatable bonds is 2. The second-order valence-electron chi connectivity index (χ2n) is 9.56. The van der Waals surface area contributed by atoms with Crippen molar-refractivity contribution in [2.75, 3.05) is 76.3 Å². The zero-order valence-corrected chi connectivity index (χ0v) is 22.4. The smallest absolute Gasteiger partial charge is 0.0737 e. The van der Waals surface area contributed by atoms with Gasteiger partial charge in [0, 0.05) is 96.9 Å². The minimum absolute atomic E-state index is 0.718. The Morgan fingerprint density at radius 1 is 0.556 bits per heavy atom. The van der Waals surface area contributed by atoms with Crippen LogP contribution in [0.4, 0.5) is 11.4 Å². The van der Waals surface area contributed by atoms with Gasteiger partial charge in [-0.05, 0) is 62.6 Å². The topological polar surface area (TPSA) is 38.7 Å². The summed E-state index contributed by atoms with van der Waals surface area (Å²) in [5, 5.41) is 3.73. The fraction of sp³-hybridized carbons (Fsp3) is 0.357. The molecule has 1 aliphatic rings. The Bertz CT molecular complexity index is 1230. The van der Waals surface area contributed by atoms with Crippen molar-refractivity contribution in [3.05, 3.63) is 71.0 Å². The van der Waals surface area contributed by atoms with Crippen molar-refractivity contribution < 1.29 is 0 Å². The quantitative estimate of drug-likeness (QED) is 0.356. The van der Waals surface area contributed by atoms with Crippen molar-refractivity contribution in [3.63, 3.8) is 0 Å². The average Bonchev–Trinajstić information content (AvgIpc) is 2.87. The molecule has 8 heteroatoms. The molecule has 3 heterocycles. The van der Waals surface area contributed by atoms with Crippen LogP contribution in [-0.4, -0.2) is 86.2 Å². The maximum absolute atomic E-state index is 6.23.